The first-order valence-corrected chi connectivity index (χ1v) is 7.67. The summed E-state index contributed by atoms with van der Waals surface area (Å²) >= 11 is 0. The zero-order chi connectivity index (χ0) is 15.6. The van der Waals surface area contributed by atoms with Crippen molar-refractivity contribution < 1.29 is 0 Å². The van der Waals surface area contributed by atoms with Gasteiger partial charge in [0.15, 0.2) is 5.82 Å². The lowest BCUT2D eigenvalue weighted by atomic mass is 9.91. The van der Waals surface area contributed by atoms with Crippen LogP contribution in [0.1, 0.15) is 52.7 Å². The van der Waals surface area contributed by atoms with E-state index in [1.165, 1.54) is 0 Å². The second-order valence-corrected chi connectivity index (χ2v) is 6.82. The Morgan fingerprint density at radius 1 is 1.33 bits per heavy atom. The van der Waals surface area contributed by atoms with Crippen LogP contribution in [0, 0.1) is 5.92 Å². The van der Waals surface area contributed by atoms with Gasteiger partial charge in [-0.3, -0.25) is 0 Å². The Morgan fingerprint density at radius 2 is 2.05 bits per heavy atom. The lowest BCUT2D eigenvalue weighted by molar-refractivity contribution is 0.406. The third-order valence-electron chi connectivity index (χ3n) is 3.73. The molecule has 0 aliphatic carbocycles. The minimum absolute atomic E-state index is 0.161. The number of hydrogen-bond acceptors (Lipinski definition) is 4. The summed E-state index contributed by atoms with van der Waals surface area (Å²) in [6.07, 6.45) is 4.66. The lowest BCUT2D eigenvalue weighted by Gasteiger charge is -2.31. The van der Waals surface area contributed by atoms with Gasteiger partial charge in [0, 0.05) is 24.5 Å². The number of anilines is 1. The van der Waals surface area contributed by atoms with Crippen LogP contribution in [0.5, 0.6) is 0 Å². The molecule has 2 rings (SSSR count). The first kappa shape index (κ1) is 15.8. The van der Waals surface area contributed by atoms with Crippen LogP contribution in [0.3, 0.4) is 0 Å². The van der Waals surface area contributed by atoms with E-state index in [1.807, 2.05) is 10.7 Å². The molecular formula is C16H27N5. The Morgan fingerprint density at radius 3 is 2.62 bits per heavy atom. The molecule has 3 N–H and O–H groups in total. The molecule has 0 saturated carbocycles. The average Bonchev–Trinajstić information content (AvgIpc) is 2.83. The molecule has 0 spiro atoms. The minimum atomic E-state index is -0.161. The summed E-state index contributed by atoms with van der Waals surface area (Å²) in [6, 6.07) is 2.10. The van der Waals surface area contributed by atoms with E-state index in [9.17, 15) is 0 Å². The monoisotopic (exact) mass is 289 g/mol. The summed E-state index contributed by atoms with van der Waals surface area (Å²) in [5.41, 5.74) is 7.90. The van der Waals surface area contributed by atoms with E-state index in [1.54, 1.807) is 6.20 Å². The Bertz CT molecular complexity index is 602. The Kier molecular flexibility index (Phi) is 4.52. The summed E-state index contributed by atoms with van der Waals surface area (Å²) in [7, 11) is 0. The Hall–Kier alpha value is -1.62. The van der Waals surface area contributed by atoms with Gasteiger partial charge in [-0.2, -0.15) is 5.10 Å². The minimum Gasteiger partial charge on any atom is -0.362 e. The van der Waals surface area contributed by atoms with Gasteiger partial charge in [-0.25, -0.2) is 9.50 Å². The Labute approximate surface area is 126 Å². The molecule has 5 heteroatoms. The summed E-state index contributed by atoms with van der Waals surface area (Å²) in [5, 5.41) is 8.13. The highest BCUT2D eigenvalue weighted by molar-refractivity contribution is 5.68. The maximum atomic E-state index is 5.99. The SMILES string of the molecule is CC(C)CC(C)(CN)Nc1nccn2nc(C(C)C)cc12. The molecule has 1 unspecified atom stereocenters. The van der Waals surface area contributed by atoms with Crippen molar-refractivity contribution in [3.05, 3.63) is 24.2 Å². The molecular weight excluding hydrogens is 262 g/mol. The van der Waals surface area contributed by atoms with Crippen molar-refractivity contribution in [2.45, 2.75) is 52.5 Å². The number of nitrogens with zero attached hydrogens (tertiary/aromatic N) is 3. The molecule has 0 fully saturated rings. The van der Waals surface area contributed by atoms with Crippen molar-refractivity contribution >= 4 is 11.3 Å². The second kappa shape index (κ2) is 6.02. The molecule has 0 aliphatic heterocycles. The molecule has 0 aromatic carbocycles. The molecule has 2 aromatic rings. The standard InChI is InChI=1S/C16H27N5/c1-11(2)9-16(5,10-17)19-15-14-8-13(12(3)4)20-21(14)7-6-18-15/h6-8,11-12H,9-10,17H2,1-5H3,(H,18,19). The fraction of sp³-hybridized carbons (Fsp3) is 0.625. The van der Waals surface area contributed by atoms with Gasteiger partial charge in [0.1, 0.15) is 5.52 Å². The van der Waals surface area contributed by atoms with Crippen molar-refractivity contribution in [1.29, 1.82) is 0 Å². The van der Waals surface area contributed by atoms with Gasteiger partial charge in [-0.1, -0.05) is 27.7 Å². The lowest BCUT2D eigenvalue weighted by Crippen LogP contribution is -2.44. The van der Waals surface area contributed by atoms with Gasteiger partial charge in [0.05, 0.1) is 5.69 Å². The number of rotatable bonds is 6. The molecule has 0 radical (unpaired) electrons. The van der Waals surface area contributed by atoms with E-state index in [0.29, 0.717) is 18.4 Å². The van der Waals surface area contributed by atoms with Gasteiger partial charge < -0.3 is 11.1 Å². The Balaban J connectivity index is 2.37. The van der Waals surface area contributed by atoms with Gasteiger partial charge in [-0.15, -0.1) is 0 Å². The van der Waals surface area contributed by atoms with Crippen LogP contribution in [0.2, 0.25) is 0 Å². The van der Waals surface area contributed by atoms with E-state index in [4.69, 9.17) is 5.73 Å². The molecule has 2 aromatic heterocycles. The molecule has 0 amide bonds. The van der Waals surface area contributed by atoms with Crippen LogP contribution in [0.15, 0.2) is 18.5 Å². The number of nitrogens with one attached hydrogen (secondary N) is 1. The topological polar surface area (TPSA) is 68.2 Å². The van der Waals surface area contributed by atoms with E-state index in [-0.39, 0.29) is 5.54 Å². The van der Waals surface area contributed by atoms with Gasteiger partial charge in [-0.05, 0) is 31.2 Å². The molecule has 21 heavy (non-hydrogen) atoms. The third-order valence-corrected chi connectivity index (χ3v) is 3.73. The highest BCUT2D eigenvalue weighted by Gasteiger charge is 2.25. The molecule has 1 atom stereocenters. The van der Waals surface area contributed by atoms with E-state index in [0.717, 1.165) is 23.4 Å². The average molecular weight is 289 g/mol. The fourth-order valence-electron chi connectivity index (χ4n) is 2.69. The second-order valence-electron chi connectivity index (χ2n) is 6.82. The molecule has 2 heterocycles. The summed E-state index contributed by atoms with van der Waals surface area (Å²) in [6.45, 7) is 11.4. The van der Waals surface area contributed by atoms with E-state index in [2.05, 4.69) is 56.1 Å². The predicted molar refractivity (Wildman–Crippen MR) is 87.6 cm³/mol. The number of aromatic nitrogens is 3. The maximum Gasteiger partial charge on any atom is 0.152 e. The first-order chi connectivity index (χ1) is 9.84. The van der Waals surface area contributed by atoms with Crippen molar-refractivity contribution in [3.8, 4) is 0 Å². The van der Waals surface area contributed by atoms with Crippen molar-refractivity contribution in [2.75, 3.05) is 11.9 Å². The molecule has 0 saturated heterocycles. The van der Waals surface area contributed by atoms with Crippen LogP contribution in [0.4, 0.5) is 5.82 Å². The van der Waals surface area contributed by atoms with Crippen LogP contribution < -0.4 is 11.1 Å². The zero-order valence-electron chi connectivity index (χ0n) is 13.7. The van der Waals surface area contributed by atoms with Gasteiger partial charge in [0.2, 0.25) is 0 Å². The number of hydrogen-bond donors (Lipinski definition) is 2. The first-order valence-electron chi connectivity index (χ1n) is 7.67. The zero-order valence-corrected chi connectivity index (χ0v) is 13.7. The number of fused-ring (bicyclic) bond motifs is 1. The largest absolute Gasteiger partial charge is 0.362 e. The van der Waals surface area contributed by atoms with Crippen LogP contribution in [0.25, 0.3) is 5.52 Å². The maximum absolute atomic E-state index is 5.99. The van der Waals surface area contributed by atoms with Gasteiger partial charge >= 0.3 is 0 Å². The fourth-order valence-corrected chi connectivity index (χ4v) is 2.69. The highest BCUT2D eigenvalue weighted by atomic mass is 15.2. The molecule has 0 aliphatic rings. The molecule has 5 nitrogen and oxygen atoms in total. The third kappa shape index (κ3) is 3.53. The summed E-state index contributed by atoms with van der Waals surface area (Å²) in [4.78, 5) is 4.49. The quantitative estimate of drug-likeness (QED) is 0.857. The summed E-state index contributed by atoms with van der Waals surface area (Å²) < 4.78 is 1.89. The van der Waals surface area contributed by atoms with Crippen molar-refractivity contribution in [1.82, 2.24) is 14.6 Å². The van der Waals surface area contributed by atoms with Gasteiger partial charge in [0.25, 0.3) is 0 Å². The van der Waals surface area contributed by atoms with Crippen molar-refractivity contribution in [2.24, 2.45) is 11.7 Å². The number of nitrogens with two attached hydrogens (primary N) is 1. The summed E-state index contributed by atoms with van der Waals surface area (Å²) in [5.74, 6) is 1.82. The molecule has 0 bridgehead atoms. The normalized spacial score (nSPS) is 14.9. The van der Waals surface area contributed by atoms with Crippen LogP contribution in [-0.2, 0) is 0 Å². The van der Waals surface area contributed by atoms with E-state index < -0.39 is 0 Å². The predicted octanol–water partition coefficient (Wildman–Crippen LogP) is 3.03. The van der Waals surface area contributed by atoms with Crippen LogP contribution >= 0.6 is 0 Å². The van der Waals surface area contributed by atoms with E-state index >= 15 is 0 Å². The highest BCUT2D eigenvalue weighted by Crippen LogP contribution is 2.25. The smallest absolute Gasteiger partial charge is 0.152 e. The van der Waals surface area contributed by atoms with Crippen molar-refractivity contribution in [3.63, 3.8) is 0 Å². The van der Waals surface area contributed by atoms with Crippen LogP contribution in [-0.4, -0.2) is 26.7 Å². The molecule has 116 valence electrons.